The van der Waals surface area contributed by atoms with Crippen LogP contribution in [0.15, 0.2) is 30.3 Å². The minimum absolute atomic E-state index is 0.0545. The molecule has 0 spiro atoms. The van der Waals surface area contributed by atoms with Crippen LogP contribution in [0.4, 0.5) is 17.5 Å². The van der Waals surface area contributed by atoms with E-state index in [0.717, 1.165) is 54.8 Å². The number of nitrogens with one attached hydrogen (secondary N) is 2. The number of aromatic nitrogens is 3. The molecule has 0 aliphatic carbocycles. The number of anilines is 3. The number of carbonyl (C=O) groups is 1. The Labute approximate surface area is 182 Å². The van der Waals surface area contributed by atoms with Gasteiger partial charge in [-0.05, 0) is 56.0 Å². The smallest absolute Gasteiger partial charge is 0.226 e. The van der Waals surface area contributed by atoms with Crippen LogP contribution in [0, 0.1) is 13.8 Å². The lowest BCUT2D eigenvalue weighted by atomic mass is 10.0. The van der Waals surface area contributed by atoms with Crippen LogP contribution in [0.3, 0.4) is 0 Å². The Hall–Kier alpha value is -3.26. The summed E-state index contributed by atoms with van der Waals surface area (Å²) in [5.74, 6) is 0.957. The van der Waals surface area contributed by atoms with Gasteiger partial charge in [0.1, 0.15) is 5.82 Å². The minimum atomic E-state index is -0.0545. The molecule has 0 radical (unpaired) electrons. The maximum absolute atomic E-state index is 11.3. The third kappa shape index (κ3) is 5.08. The molecule has 8 heteroatoms. The van der Waals surface area contributed by atoms with Gasteiger partial charge in [0.15, 0.2) is 5.65 Å². The number of hydrogen-bond acceptors (Lipinski definition) is 7. The number of nitrogens with zero attached hydrogens (tertiary/aromatic N) is 4. The van der Waals surface area contributed by atoms with E-state index in [1.807, 2.05) is 38.1 Å². The molecule has 1 amide bonds. The standard InChI is InChI=1S/C23H29N7O/c1-14-11-15(2)25-22-20(14)21(24)28-23(29-22)27-18-7-9-30(10-8-18)13-17-5-4-6-19(12-17)26-16(3)31/h4-6,11-12,18H,7-10,13H2,1-3H3,(H,26,31)(H3,24,25,27,28,29). The van der Waals surface area contributed by atoms with E-state index in [1.165, 1.54) is 12.5 Å². The first-order valence-corrected chi connectivity index (χ1v) is 10.6. The lowest BCUT2D eigenvalue weighted by Gasteiger charge is -2.32. The molecule has 162 valence electrons. The fourth-order valence-corrected chi connectivity index (χ4v) is 4.20. The molecule has 8 nitrogen and oxygen atoms in total. The number of benzene rings is 1. The number of aryl methyl sites for hydroxylation is 2. The van der Waals surface area contributed by atoms with Gasteiger partial charge in [0.2, 0.25) is 11.9 Å². The van der Waals surface area contributed by atoms with Crippen LogP contribution in [0.1, 0.15) is 36.6 Å². The zero-order valence-corrected chi connectivity index (χ0v) is 18.3. The van der Waals surface area contributed by atoms with Gasteiger partial charge < -0.3 is 16.4 Å². The van der Waals surface area contributed by atoms with Crippen LogP contribution in [0.25, 0.3) is 11.0 Å². The molecule has 0 bridgehead atoms. The summed E-state index contributed by atoms with van der Waals surface area (Å²) < 4.78 is 0. The van der Waals surface area contributed by atoms with Crippen molar-refractivity contribution in [1.29, 1.82) is 0 Å². The Balaban J connectivity index is 1.37. The van der Waals surface area contributed by atoms with E-state index >= 15 is 0 Å². The first-order valence-electron chi connectivity index (χ1n) is 10.6. The Morgan fingerprint density at radius 3 is 2.68 bits per heavy atom. The Bertz CT molecular complexity index is 1110. The van der Waals surface area contributed by atoms with Gasteiger partial charge in [-0.3, -0.25) is 9.69 Å². The highest BCUT2D eigenvalue weighted by atomic mass is 16.1. The fraction of sp³-hybridized carbons (Fsp3) is 0.391. The van der Waals surface area contributed by atoms with E-state index in [4.69, 9.17) is 5.73 Å². The summed E-state index contributed by atoms with van der Waals surface area (Å²) in [6, 6.07) is 10.3. The van der Waals surface area contributed by atoms with E-state index in [2.05, 4.69) is 36.6 Å². The summed E-state index contributed by atoms with van der Waals surface area (Å²) >= 11 is 0. The van der Waals surface area contributed by atoms with Crippen molar-refractivity contribution in [2.24, 2.45) is 0 Å². The van der Waals surface area contributed by atoms with Gasteiger partial charge in [0.25, 0.3) is 0 Å². The zero-order valence-electron chi connectivity index (χ0n) is 18.3. The average molecular weight is 420 g/mol. The number of nitrogen functional groups attached to an aromatic ring is 1. The molecule has 1 aliphatic heterocycles. The third-order valence-electron chi connectivity index (χ3n) is 5.59. The van der Waals surface area contributed by atoms with Crippen LogP contribution < -0.4 is 16.4 Å². The number of fused-ring (bicyclic) bond motifs is 1. The topological polar surface area (TPSA) is 109 Å². The largest absolute Gasteiger partial charge is 0.383 e. The average Bonchev–Trinajstić information content (AvgIpc) is 2.68. The number of carbonyl (C=O) groups excluding carboxylic acids is 1. The van der Waals surface area contributed by atoms with Crippen LogP contribution in [-0.2, 0) is 11.3 Å². The van der Waals surface area contributed by atoms with Crippen LogP contribution in [0.2, 0.25) is 0 Å². The number of piperidine rings is 1. The molecule has 0 atom stereocenters. The SMILES string of the molecule is CC(=O)Nc1cccc(CN2CCC(Nc3nc(N)c4c(C)cc(C)nc4n3)CC2)c1. The van der Waals surface area contributed by atoms with Crippen molar-refractivity contribution in [3.63, 3.8) is 0 Å². The predicted molar refractivity (Wildman–Crippen MR) is 124 cm³/mol. The van der Waals surface area contributed by atoms with Crippen LogP contribution >= 0.6 is 0 Å². The Kier molecular flexibility index (Phi) is 5.99. The summed E-state index contributed by atoms with van der Waals surface area (Å²) in [5.41, 5.74) is 10.8. The van der Waals surface area contributed by atoms with Gasteiger partial charge in [-0.1, -0.05) is 12.1 Å². The molecule has 0 unspecified atom stereocenters. The van der Waals surface area contributed by atoms with Gasteiger partial charge in [-0.15, -0.1) is 0 Å². The monoisotopic (exact) mass is 419 g/mol. The number of amides is 1. The van der Waals surface area contributed by atoms with Gasteiger partial charge in [0, 0.05) is 44.0 Å². The molecule has 4 rings (SSSR count). The summed E-state index contributed by atoms with van der Waals surface area (Å²) in [6.45, 7) is 8.30. The molecule has 31 heavy (non-hydrogen) atoms. The number of pyridine rings is 1. The van der Waals surface area contributed by atoms with Crippen molar-refractivity contribution >= 4 is 34.4 Å². The molecule has 3 aromatic rings. The second kappa shape index (κ2) is 8.85. The lowest BCUT2D eigenvalue weighted by molar-refractivity contribution is -0.114. The van der Waals surface area contributed by atoms with Crippen molar-refractivity contribution < 1.29 is 4.79 Å². The first kappa shape index (κ1) is 21.0. The maximum atomic E-state index is 11.3. The molecule has 3 heterocycles. The van der Waals surface area contributed by atoms with E-state index in [0.29, 0.717) is 23.5 Å². The third-order valence-corrected chi connectivity index (χ3v) is 5.59. The fourth-order valence-electron chi connectivity index (χ4n) is 4.20. The second-order valence-corrected chi connectivity index (χ2v) is 8.29. The van der Waals surface area contributed by atoms with Gasteiger partial charge in [0.05, 0.1) is 5.39 Å². The zero-order chi connectivity index (χ0) is 22.0. The van der Waals surface area contributed by atoms with Crippen molar-refractivity contribution in [3.05, 3.63) is 47.2 Å². The molecular weight excluding hydrogens is 390 g/mol. The Morgan fingerprint density at radius 2 is 1.94 bits per heavy atom. The minimum Gasteiger partial charge on any atom is -0.383 e. The molecular formula is C23H29N7O. The molecule has 2 aromatic heterocycles. The summed E-state index contributed by atoms with van der Waals surface area (Å²) in [7, 11) is 0. The quantitative estimate of drug-likeness (QED) is 0.582. The lowest BCUT2D eigenvalue weighted by Crippen LogP contribution is -2.39. The first-order chi connectivity index (χ1) is 14.9. The molecule has 1 aliphatic rings. The van der Waals surface area contributed by atoms with E-state index in [9.17, 15) is 4.79 Å². The van der Waals surface area contributed by atoms with E-state index < -0.39 is 0 Å². The molecule has 1 fully saturated rings. The maximum Gasteiger partial charge on any atom is 0.226 e. The van der Waals surface area contributed by atoms with E-state index in [1.54, 1.807) is 0 Å². The normalized spacial score (nSPS) is 15.2. The van der Waals surface area contributed by atoms with Crippen molar-refractivity contribution in [1.82, 2.24) is 19.9 Å². The number of hydrogen-bond donors (Lipinski definition) is 3. The van der Waals surface area contributed by atoms with Crippen molar-refractivity contribution in [2.45, 2.75) is 46.2 Å². The summed E-state index contributed by atoms with van der Waals surface area (Å²) in [5, 5.41) is 7.12. The summed E-state index contributed by atoms with van der Waals surface area (Å²) in [6.07, 6.45) is 1.99. The second-order valence-electron chi connectivity index (χ2n) is 8.29. The van der Waals surface area contributed by atoms with Crippen molar-refractivity contribution in [3.8, 4) is 0 Å². The van der Waals surface area contributed by atoms with Gasteiger partial charge >= 0.3 is 0 Å². The van der Waals surface area contributed by atoms with Gasteiger partial charge in [-0.25, -0.2) is 4.98 Å². The van der Waals surface area contributed by atoms with Crippen molar-refractivity contribution in [2.75, 3.05) is 29.5 Å². The molecule has 0 saturated carbocycles. The number of likely N-dealkylation sites (tertiary alicyclic amines) is 1. The molecule has 1 saturated heterocycles. The highest BCUT2D eigenvalue weighted by Crippen LogP contribution is 2.24. The Morgan fingerprint density at radius 1 is 1.16 bits per heavy atom. The summed E-state index contributed by atoms with van der Waals surface area (Å²) in [4.78, 5) is 27.3. The van der Waals surface area contributed by atoms with Crippen LogP contribution in [0.5, 0.6) is 0 Å². The molecule has 1 aromatic carbocycles. The number of nitrogens with two attached hydrogens (primary N) is 1. The highest BCUT2D eigenvalue weighted by Gasteiger charge is 2.21. The molecule has 4 N–H and O–H groups in total. The van der Waals surface area contributed by atoms with Crippen LogP contribution in [-0.4, -0.2) is 44.9 Å². The van der Waals surface area contributed by atoms with Gasteiger partial charge in [-0.2, -0.15) is 9.97 Å². The highest BCUT2D eigenvalue weighted by molar-refractivity contribution is 5.89. The van der Waals surface area contributed by atoms with E-state index in [-0.39, 0.29) is 5.91 Å². The predicted octanol–water partition coefficient (Wildman–Crippen LogP) is 3.26. The number of rotatable bonds is 5.